The monoisotopic (exact) mass is 414 g/mol. The Bertz CT molecular complexity index is 975. The number of pyridine rings is 1. The van der Waals surface area contributed by atoms with E-state index in [2.05, 4.69) is 26.2 Å². The number of H-pyrrole nitrogens is 1. The summed E-state index contributed by atoms with van der Waals surface area (Å²) in [6.45, 7) is 4.49. The smallest absolute Gasteiger partial charge is 0.261 e. The number of nitrogens with one attached hydrogen (secondary N) is 2. The van der Waals surface area contributed by atoms with Gasteiger partial charge >= 0.3 is 0 Å². The molecule has 26 heavy (non-hydrogen) atoms. The molecular formula is C20H19BrN2O3. The van der Waals surface area contributed by atoms with Gasteiger partial charge in [-0.15, -0.1) is 0 Å². The highest BCUT2D eigenvalue weighted by Crippen LogP contribution is 2.25. The van der Waals surface area contributed by atoms with Crippen LogP contribution in [0.1, 0.15) is 29.8 Å². The number of carbonyl (C=O) groups excluding carboxylic acids is 1. The van der Waals surface area contributed by atoms with Crippen LogP contribution in [0, 0.1) is 0 Å². The van der Waals surface area contributed by atoms with Gasteiger partial charge in [-0.25, -0.2) is 0 Å². The molecule has 1 amide bonds. The van der Waals surface area contributed by atoms with Gasteiger partial charge in [-0.2, -0.15) is 0 Å². The molecule has 6 heteroatoms. The number of rotatable bonds is 5. The van der Waals surface area contributed by atoms with Crippen molar-refractivity contribution < 1.29 is 9.21 Å². The number of amides is 1. The van der Waals surface area contributed by atoms with Crippen molar-refractivity contribution in [3.05, 3.63) is 80.7 Å². The standard InChI is InChI=1S/C20H19BrN2O3/c1-20(2,13-5-3-6-14(21)11-13)12-22-18(24)15-8-9-16(23-19(15)25)17-7-4-10-26-17/h3-11H,12H2,1-2H3,(H,22,24)(H,23,25). The molecule has 0 saturated heterocycles. The van der Waals surface area contributed by atoms with Gasteiger partial charge in [0.25, 0.3) is 11.5 Å². The lowest BCUT2D eigenvalue weighted by Crippen LogP contribution is -2.38. The molecule has 0 bridgehead atoms. The van der Waals surface area contributed by atoms with E-state index in [4.69, 9.17) is 4.42 Å². The normalized spacial score (nSPS) is 11.3. The largest absolute Gasteiger partial charge is 0.463 e. The summed E-state index contributed by atoms with van der Waals surface area (Å²) in [5.41, 5.74) is 0.975. The van der Waals surface area contributed by atoms with Crippen molar-refractivity contribution in [2.45, 2.75) is 19.3 Å². The van der Waals surface area contributed by atoms with Gasteiger partial charge in [0.05, 0.1) is 12.0 Å². The van der Waals surface area contributed by atoms with E-state index in [0.29, 0.717) is 18.0 Å². The summed E-state index contributed by atoms with van der Waals surface area (Å²) in [7, 11) is 0. The zero-order chi connectivity index (χ0) is 18.7. The number of benzene rings is 1. The Balaban J connectivity index is 1.73. The molecule has 0 aliphatic carbocycles. The van der Waals surface area contributed by atoms with Crippen LogP contribution in [-0.4, -0.2) is 17.4 Å². The number of aromatic nitrogens is 1. The van der Waals surface area contributed by atoms with E-state index < -0.39 is 11.5 Å². The summed E-state index contributed by atoms with van der Waals surface area (Å²) in [6.07, 6.45) is 1.53. The van der Waals surface area contributed by atoms with Gasteiger partial charge in [0, 0.05) is 16.4 Å². The maximum atomic E-state index is 12.4. The van der Waals surface area contributed by atoms with E-state index in [1.165, 1.54) is 12.3 Å². The van der Waals surface area contributed by atoms with Gasteiger partial charge < -0.3 is 14.7 Å². The third-order valence-electron chi connectivity index (χ3n) is 4.24. The van der Waals surface area contributed by atoms with E-state index in [0.717, 1.165) is 10.0 Å². The van der Waals surface area contributed by atoms with Crippen molar-refractivity contribution >= 4 is 21.8 Å². The van der Waals surface area contributed by atoms with Crippen LogP contribution < -0.4 is 10.9 Å². The first-order valence-corrected chi connectivity index (χ1v) is 8.97. The average Bonchev–Trinajstić information content (AvgIpc) is 3.14. The lowest BCUT2D eigenvalue weighted by molar-refractivity contribution is 0.0944. The molecule has 5 nitrogen and oxygen atoms in total. The summed E-state index contributed by atoms with van der Waals surface area (Å²) in [5.74, 6) is 0.144. The first kappa shape index (κ1) is 18.2. The van der Waals surface area contributed by atoms with Gasteiger partial charge in [-0.3, -0.25) is 9.59 Å². The summed E-state index contributed by atoms with van der Waals surface area (Å²) in [5, 5.41) is 2.85. The molecule has 134 valence electrons. The van der Waals surface area contributed by atoms with Crippen LogP contribution in [0.15, 0.2) is 68.5 Å². The van der Waals surface area contributed by atoms with Crippen molar-refractivity contribution in [3.8, 4) is 11.5 Å². The predicted molar refractivity (Wildman–Crippen MR) is 104 cm³/mol. The molecule has 1 aromatic carbocycles. The predicted octanol–water partition coefficient (Wildman–Crippen LogP) is 4.11. The van der Waals surface area contributed by atoms with Crippen LogP contribution >= 0.6 is 15.9 Å². The molecular weight excluding hydrogens is 396 g/mol. The molecule has 0 aliphatic heterocycles. The second-order valence-electron chi connectivity index (χ2n) is 6.67. The lowest BCUT2D eigenvalue weighted by atomic mass is 9.84. The molecule has 2 N–H and O–H groups in total. The molecule has 2 aromatic heterocycles. The van der Waals surface area contributed by atoms with Gasteiger partial charge in [0.15, 0.2) is 0 Å². The molecule has 0 spiro atoms. The number of hydrogen-bond donors (Lipinski definition) is 2. The molecule has 0 aliphatic rings. The Morgan fingerprint density at radius 2 is 2.00 bits per heavy atom. The number of halogens is 1. The zero-order valence-electron chi connectivity index (χ0n) is 14.5. The molecule has 0 radical (unpaired) electrons. The van der Waals surface area contributed by atoms with Crippen molar-refractivity contribution in [2.75, 3.05) is 6.54 Å². The maximum Gasteiger partial charge on any atom is 0.261 e. The second-order valence-corrected chi connectivity index (χ2v) is 7.58. The number of aromatic amines is 1. The fourth-order valence-corrected chi connectivity index (χ4v) is 3.04. The number of hydrogen-bond acceptors (Lipinski definition) is 3. The lowest BCUT2D eigenvalue weighted by Gasteiger charge is -2.26. The Hall–Kier alpha value is -2.60. The highest BCUT2D eigenvalue weighted by Gasteiger charge is 2.22. The minimum absolute atomic E-state index is 0.0744. The summed E-state index contributed by atoms with van der Waals surface area (Å²) in [6, 6.07) is 14.6. The van der Waals surface area contributed by atoms with Gasteiger partial charge in [0.1, 0.15) is 11.3 Å². The fourth-order valence-electron chi connectivity index (χ4n) is 2.64. The van der Waals surface area contributed by atoms with Crippen molar-refractivity contribution in [1.29, 1.82) is 0 Å². The Kier molecular flexibility index (Phi) is 5.13. The van der Waals surface area contributed by atoms with E-state index in [-0.39, 0.29) is 11.0 Å². The highest BCUT2D eigenvalue weighted by atomic mass is 79.9. The van der Waals surface area contributed by atoms with E-state index >= 15 is 0 Å². The van der Waals surface area contributed by atoms with Crippen molar-refractivity contribution in [3.63, 3.8) is 0 Å². The molecule has 0 saturated carbocycles. The van der Waals surface area contributed by atoms with E-state index in [1.807, 2.05) is 38.1 Å². The van der Waals surface area contributed by atoms with Crippen LogP contribution in [0.2, 0.25) is 0 Å². The van der Waals surface area contributed by atoms with Crippen molar-refractivity contribution in [1.82, 2.24) is 10.3 Å². The van der Waals surface area contributed by atoms with Crippen LogP contribution in [-0.2, 0) is 5.41 Å². The maximum absolute atomic E-state index is 12.4. The average molecular weight is 415 g/mol. The third-order valence-corrected chi connectivity index (χ3v) is 4.73. The van der Waals surface area contributed by atoms with Gasteiger partial charge in [-0.1, -0.05) is 41.9 Å². The fraction of sp³-hybridized carbons (Fsp3) is 0.200. The second kappa shape index (κ2) is 7.33. The topological polar surface area (TPSA) is 75.1 Å². The van der Waals surface area contributed by atoms with Crippen LogP contribution in [0.5, 0.6) is 0 Å². The molecule has 0 atom stereocenters. The van der Waals surface area contributed by atoms with Gasteiger partial charge in [-0.05, 0) is 42.0 Å². The molecule has 0 unspecified atom stereocenters. The SMILES string of the molecule is CC(C)(CNC(=O)c1ccc(-c2ccco2)[nH]c1=O)c1cccc(Br)c1. The molecule has 3 aromatic rings. The minimum Gasteiger partial charge on any atom is -0.463 e. The number of furan rings is 1. The first-order valence-electron chi connectivity index (χ1n) is 8.18. The summed E-state index contributed by atoms with van der Waals surface area (Å²) < 4.78 is 6.24. The third kappa shape index (κ3) is 3.96. The van der Waals surface area contributed by atoms with E-state index in [1.54, 1.807) is 18.2 Å². The Morgan fingerprint density at radius 1 is 1.19 bits per heavy atom. The van der Waals surface area contributed by atoms with E-state index in [9.17, 15) is 9.59 Å². The van der Waals surface area contributed by atoms with Crippen LogP contribution in [0.4, 0.5) is 0 Å². The molecule has 3 rings (SSSR count). The summed E-state index contributed by atoms with van der Waals surface area (Å²) in [4.78, 5) is 27.4. The Morgan fingerprint density at radius 3 is 2.65 bits per heavy atom. The molecule has 2 heterocycles. The van der Waals surface area contributed by atoms with Crippen LogP contribution in [0.3, 0.4) is 0 Å². The highest BCUT2D eigenvalue weighted by molar-refractivity contribution is 9.10. The summed E-state index contributed by atoms with van der Waals surface area (Å²) >= 11 is 3.46. The Labute approximate surface area is 159 Å². The molecule has 0 fully saturated rings. The van der Waals surface area contributed by atoms with Crippen molar-refractivity contribution in [2.24, 2.45) is 0 Å². The van der Waals surface area contributed by atoms with Gasteiger partial charge in [0.2, 0.25) is 0 Å². The minimum atomic E-state index is -0.448. The zero-order valence-corrected chi connectivity index (χ0v) is 16.1. The quantitative estimate of drug-likeness (QED) is 0.659. The number of carbonyl (C=O) groups is 1. The van der Waals surface area contributed by atoms with Crippen LogP contribution in [0.25, 0.3) is 11.5 Å². The first-order chi connectivity index (χ1) is 12.4.